The molecule has 0 saturated heterocycles. The Hall–Kier alpha value is -3.14. The molecule has 0 aromatic heterocycles. The molecular weight excluding hydrogens is 494 g/mol. The van der Waals surface area contributed by atoms with Crippen LogP contribution in [0.15, 0.2) is 46.9 Å². The van der Waals surface area contributed by atoms with Gasteiger partial charge in [-0.05, 0) is 37.1 Å². The molecule has 9 nitrogen and oxygen atoms in total. The number of halogens is 1. The van der Waals surface area contributed by atoms with Gasteiger partial charge >= 0.3 is 5.69 Å². The Morgan fingerprint density at radius 1 is 1.24 bits per heavy atom. The van der Waals surface area contributed by atoms with E-state index in [1.54, 1.807) is 6.92 Å². The van der Waals surface area contributed by atoms with Gasteiger partial charge in [-0.3, -0.25) is 19.7 Å². The molecule has 2 aromatic rings. The van der Waals surface area contributed by atoms with Crippen LogP contribution in [0, 0.1) is 10.1 Å². The first-order chi connectivity index (χ1) is 15.8. The second-order valence-electron chi connectivity index (χ2n) is 7.35. The summed E-state index contributed by atoms with van der Waals surface area (Å²) >= 11 is 3.42. The summed E-state index contributed by atoms with van der Waals surface area (Å²) in [4.78, 5) is 37.7. The van der Waals surface area contributed by atoms with Gasteiger partial charge in [0.2, 0.25) is 11.7 Å². The van der Waals surface area contributed by atoms with Crippen LogP contribution in [0.5, 0.6) is 11.5 Å². The summed E-state index contributed by atoms with van der Waals surface area (Å²) in [7, 11) is 1.32. The second kappa shape index (κ2) is 12.8. The fourth-order valence-corrected chi connectivity index (χ4v) is 3.52. The number of nitro groups is 1. The molecule has 10 heteroatoms. The van der Waals surface area contributed by atoms with Gasteiger partial charge in [-0.2, -0.15) is 0 Å². The third-order valence-corrected chi connectivity index (χ3v) is 5.44. The van der Waals surface area contributed by atoms with Crippen molar-refractivity contribution in [2.75, 3.05) is 20.3 Å². The average Bonchev–Trinajstić information content (AvgIpc) is 2.80. The van der Waals surface area contributed by atoms with E-state index >= 15 is 0 Å². The van der Waals surface area contributed by atoms with E-state index in [1.807, 2.05) is 31.2 Å². The van der Waals surface area contributed by atoms with Crippen molar-refractivity contribution in [2.24, 2.45) is 0 Å². The second-order valence-corrected chi connectivity index (χ2v) is 8.27. The number of methoxy groups -OCH3 is 1. The number of unbranched alkanes of at least 4 members (excludes halogenated alkanes) is 1. The highest BCUT2D eigenvalue weighted by molar-refractivity contribution is 9.10. The van der Waals surface area contributed by atoms with Crippen molar-refractivity contribution in [3.8, 4) is 11.5 Å². The van der Waals surface area contributed by atoms with Gasteiger partial charge < -0.3 is 19.7 Å². The van der Waals surface area contributed by atoms with Crippen LogP contribution in [0.25, 0.3) is 0 Å². The number of nitrogens with zero attached hydrogens (tertiary/aromatic N) is 2. The number of nitro benzene ring substituents is 1. The molecule has 0 aliphatic rings. The summed E-state index contributed by atoms with van der Waals surface area (Å²) in [6.07, 6.45) is 1.80. The van der Waals surface area contributed by atoms with E-state index in [2.05, 4.69) is 21.2 Å². The van der Waals surface area contributed by atoms with Crippen LogP contribution in [-0.4, -0.2) is 47.9 Å². The van der Waals surface area contributed by atoms with E-state index < -0.39 is 16.9 Å². The smallest absolute Gasteiger partial charge is 0.311 e. The Bertz CT molecular complexity index is 984. The average molecular weight is 522 g/mol. The Morgan fingerprint density at radius 3 is 2.64 bits per heavy atom. The third-order valence-electron chi connectivity index (χ3n) is 4.95. The zero-order chi connectivity index (χ0) is 24.4. The number of nitrogens with one attached hydrogen (secondary N) is 1. The van der Waals surface area contributed by atoms with Gasteiger partial charge in [0, 0.05) is 29.7 Å². The van der Waals surface area contributed by atoms with Gasteiger partial charge in [0.1, 0.15) is 11.8 Å². The molecule has 1 N–H and O–H groups in total. The Morgan fingerprint density at radius 2 is 2.00 bits per heavy atom. The molecule has 0 spiro atoms. The summed E-state index contributed by atoms with van der Waals surface area (Å²) in [5.74, 6) is -0.373. The number of amides is 2. The molecule has 0 unspecified atom stereocenters. The molecule has 1 atom stereocenters. The monoisotopic (exact) mass is 521 g/mol. The first-order valence-corrected chi connectivity index (χ1v) is 11.3. The summed E-state index contributed by atoms with van der Waals surface area (Å²) in [5, 5.41) is 13.9. The Labute approximate surface area is 201 Å². The first-order valence-electron chi connectivity index (χ1n) is 10.5. The molecule has 2 aromatic carbocycles. The minimum atomic E-state index is -0.719. The van der Waals surface area contributed by atoms with Gasteiger partial charge in [-0.15, -0.1) is 0 Å². The number of benzene rings is 2. The number of ether oxygens (including phenoxy) is 2. The summed E-state index contributed by atoms with van der Waals surface area (Å²) in [6.45, 7) is 4.11. The van der Waals surface area contributed by atoms with Crippen molar-refractivity contribution in [1.29, 1.82) is 0 Å². The molecule has 0 bridgehead atoms. The number of hydrogen-bond donors (Lipinski definition) is 1. The summed E-state index contributed by atoms with van der Waals surface area (Å²) < 4.78 is 11.5. The lowest BCUT2D eigenvalue weighted by Crippen LogP contribution is -2.49. The first kappa shape index (κ1) is 26.1. The molecule has 33 heavy (non-hydrogen) atoms. The van der Waals surface area contributed by atoms with Crippen LogP contribution in [0.3, 0.4) is 0 Å². The van der Waals surface area contributed by atoms with Crippen molar-refractivity contribution < 1.29 is 24.0 Å². The summed E-state index contributed by atoms with van der Waals surface area (Å²) in [5.41, 5.74) is 0.646. The maximum atomic E-state index is 13.1. The minimum Gasteiger partial charge on any atom is -0.490 e. The molecular formula is C23H28BrN3O6. The predicted octanol–water partition coefficient (Wildman–Crippen LogP) is 4.08. The van der Waals surface area contributed by atoms with Crippen LogP contribution in [0.2, 0.25) is 0 Å². The maximum Gasteiger partial charge on any atom is 0.311 e. The van der Waals surface area contributed by atoms with E-state index in [-0.39, 0.29) is 36.2 Å². The lowest BCUT2D eigenvalue weighted by Gasteiger charge is -2.29. The fourth-order valence-electron chi connectivity index (χ4n) is 3.08. The van der Waals surface area contributed by atoms with Gasteiger partial charge in [0.25, 0.3) is 5.91 Å². The molecule has 0 heterocycles. The maximum absolute atomic E-state index is 13.1. The van der Waals surface area contributed by atoms with Crippen molar-refractivity contribution >= 4 is 33.4 Å². The van der Waals surface area contributed by atoms with Crippen LogP contribution >= 0.6 is 15.9 Å². The zero-order valence-electron chi connectivity index (χ0n) is 18.9. The van der Waals surface area contributed by atoms with Crippen LogP contribution in [-0.2, 0) is 16.1 Å². The molecule has 0 aliphatic carbocycles. The fraction of sp³-hybridized carbons (Fsp3) is 0.391. The minimum absolute atomic E-state index is 0.0274. The van der Waals surface area contributed by atoms with E-state index in [0.29, 0.717) is 6.54 Å². The number of carbonyl (C=O) groups is 2. The Kier molecular flexibility index (Phi) is 10.1. The van der Waals surface area contributed by atoms with Crippen molar-refractivity contribution in [3.63, 3.8) is 0 Å². The van der Waals surface area contributed by atoms with E-state index in [0.717, 1.165) is 22.9 Å². The van der Waals surface area contributed by atoms with Crippen LogP contribution in [0.1, 0.15) is 32.3 Å². The predicted molar refractivity (Wildman–Crippen MR) is 127 cm³/mol. The van der Waals surface area contributed by atoms with Crippen LogP contribution in [0.4, 0.5) is 5.69 Å². The van der Waals surface area contributed by atoms with Crippen LogP contribution < -0.4 is 14.8 Å². The highest BCUT2D eigenvalue weighted by Crippen LogP contribution is 2.30. The van der Waals surface area contributed by atoms with E-state index in [4.69, 9.17) is 9.47 Å². The normalized spacial score (nSPS) is 11.4. The number of rotatable bonds is 12. The van der Waals surface area contributed by atoms with E-state index in [1.165, 1.54) is 30.2 Å². The van der Waals surface area contributed by atoms with Gasteiger partial charge in [0.05, 0.1) is 12.0 Å². The number of carbonyl (C=O) groups excluding carboxylic acids is 2. The van der Waals surface area contributed by atoms with Gasteiger partial charge in [0.15, 0.2) is 6.61 Å². The summed E-state index contributed by atoms with van der Waals surface area (Å²) in [6, 6.07) is 10.8. The van der Waals surface area contributed by atoms with Gasteiger partial charge in [-0.25, -0.2) is 0 Å². The standard InChI is InChI=1S/C23H28BrN3O6/c1-4-5-11-25-23(29)16(2)26(14-17-7-6-8-18(24)12-17)22(28)15-33-19-9-10-20(27(30)31)21(13-19)32-3/h6-10,12-13,16H,4-5,11,14-15H2,1-3H3,(H,25,29)/t16-/m0/s1. The molecule has 2 amide bonds. The molecule has 2 rings (SSSR count). The van der Waals surface area contributed by atoms with Crippen molar-refractivity contribution in [3.05, 3.63) is 62.6 Å². The Balaban J connectivity index is 2.16. The van der Waals surface area contributed by atoms with Crippen molar-refractivity contribution in [2.45, 2.75) is 39.3 Å². The molecule has 178 valence electrons. The van der Waals surface area contributed by atoms with Crippen molar-refractivity contribution in [1.82, 2.24) is 10.2 Å². The molecule has 0 aliphatic heterocycles. The zero-order valence-corrected chi connectivity index (χ0v) is 20.5. The lowest BCUT2D eigenvalue weighted by molar-refractivity contribution is -0.385. The topological polar surface area (TPSA) is 111 Å². The highest BCUT2D eigenvalue weighted by Gasteiger charge is 2.26. The third kappa shape index (κ3) is 7.74. The molecule has 0 saturated carbocycles. The molecule has 0 fully saturated rings. The number of hydrogen-bond acceptors (Lipinski definition) is 6. The SMILES string of the molecule is CCCCNC(=O)[C@H](C)N(Cc1cccc(Br)c1)C(=O)COc1ccc([N+](=O)[O-])c(OC)c1. The van der Waals surface area contributed by atoms with Gasteiger partial charge in [-0.1, -0.05) is 41.4 Å². The lowest BCUT2D eigenvalue weighted by atomic mass is 10.1. The molecule has 0 radical (unpaired) electrons. The van der Waals surface area contributed by atoms with E-state index in [9.17, 15) is 19.7 Å². The quantitative estimate of drug-likeness (QED) is 0.256. The highest BCUT2D eigenvalue weighted by atomic mass is 79.9. The largest absolute Gasteiger partial charge is 0.490 e.